The van der Waals surface area contributed by atoms with Crippen LogP contribution in [0.3, 0.4) is 0 Å². The Kier molecular flexibility index (Phi) is 4.38. The molecule has 0 spiro atoms. The molecule has 1 saturated carbocycles. The fourth-order valence-electron chi connectivity index (χ4n) is 2.95. The summed E-state index contributed by atoms with van der Waals surface area (Å²) < 4.78 is 5.98. The molecule has 0 radical (unpaired) electrons. The van der Waals surface area contributed by atoms with Gasteiger partial charge in [0.05, 0.1) is 0 Å². The maximum Gasteiger partial charge on any atom is 0.180 e. The van der Waals surface area contributed by atoms with Crippen LogP contribution >= 0.6 is 0 Å². The summed E-state index contributed by atoms with van der Waals surface area (Å²) in [6.07, 6.45) is 4.27. The number of phenolic OH excluding ortho intramolecular Hbond substituents is 1. The molecule has 2 atom stereocenters. The Morgan fingerprint density at radius 2 is 1.62 bits per heavy atom. The molecular weight excluding hydrogens is 264 g/mol. The lowest BCUT2D eigenvalue weighted by Gasteiger charge is -2.30. The van der Waals surface area contributed by atoms with E-state index in [1.807, 2.05) is 6.07 Å². The quantitative estimate of drug-likeness (QED) is 0.898. The minimum absolute atomic E-state index is 0.00889. The SMILES string of the molecule is Cc1c(C)c(C#N)c(O[C@@H]2CCCCC2C)c(O)c1C#N. The Bertz CT molecular complexity index is 638. The molecule has 4 nitrogen and oxygen atoms in total. The van der Waals surface area contributed by atoms with E-state index >= 15 is 0 Å². The molecule has 1 fully saturated rings. The zero-order valence-electron chi connectivity index (χ0n) is 12.7. The number of nitrogens with zero attached hydrogens (tertiary/aromatic N) is 2. The first-order valence-corrected chi connectivity index (χ1v) is 7.34. The highest BCUT2D eigenvalue weighted by Gasteiger charge is 2.27. The average Bonchev–Trinajstić information content (AvgIpc) is 2.48. The summed E-state index contributed by atoms with van der Waals surface area (Å²) >= 11 is 0. The van der Waals surface area contributed by atoms with E-state index in [0.29, 0.717) is 22.6 Å². The Labute approximate surface area is 125 Å². The third-order valence-electron chi connectivity index (χ3n) is 4.52. The van der Waals surface area contributed by atoms with E-state index < -0.39 is 0 Å². The second-order valence-electron chi connectivity index (χ2n) is 5.82. The van der Waals surface area contributed by atoms with Gasteiger partial charge in [0.1, 0.15) is 29.4 Å². The van der Waals surface area contributed by atoms with Crippen LogP contribution in [-0.2, 0) is 0 Å². The standard InChI is InChI=1S/C17H20N2O2/c1-10-6-4-5-7-15(10)21-17-14(9-19)12(3)11(2)13(8-18)16(17)20/h10,15,20H,4-7H2,1-3H3/t10?,15-/m1/s1. The molecule has 1 aromatic carbocycles. The number of nitriles is 2. The summed E-state index contributed by atoms with van der Waals surface area (Å²) in [6, 6.07) is 4.11. The van der Waals surface area contributed by atoms with E-state index in [-0.39, 0.29) is 23.2 Å². The van der Waals surface area contributed by atoms with Gasteiger partial charge < -0.3 is 9.84 Å². The van der Waals surface area contributed by atoms with Crippen molar-refractivity contribution in [1.82, 2.24) is 0 Å². The normalized spacial score (nSPS) is 21.4. The predicted octanol–water partition coefficient (Wildman–Crippen LogP) is 3.71. The average molecular weight is 284 g/mol. The number of hydrogen-bond acceptors (Lipinski definition) is 4. The second-order valence-corrected chi connectivity index (χ2v) is 5.82. The van der Waals surface area contributed by atoms with E-state index in [9.17, 15) is 15.6 Å². The Morgan fingerprint density at radius 3 is 2.19 bits per heavy atom. The zero-order chi connectivity index (χ0) is 15.6. The molecular formula is C17H20N2O2. The predicted molar refractivity (Wildman–Crippen MR) is 79.1 cm³/mol. The van der Waals surface area contributed by atoms with Gasteiger partial charge in [0.25, 0.3) is 0 Å². The van der Waals surface area contributed by atoms with Crippen LogP contribution in [0.5, 0.6) is 11.5 Å². The highest BCUT2D eigenvalue weighted by molar-refractivity contribution is 5.66. The van der Waals surface area contributed by atoms with Crippen LogP contribution in [-0.4, -0.2) is 11.2 Å². The van der Waals surface area contributed by atoms with Crippen LogP contribution in [0.1, 0.15) is 54.9 Å². The minimum atomic E-state index is -0.199. The molecule has 1 unspecified atom stereocenters. The molecule has 0 aliphatic heterocycles. The number of rotatable bonds is 2. The van der Waals surface area contributed by atoms with Gasteiger partial charge in [-0.15, -0.1) is 0 Å². The van der Waals surface area contributed by atoms with Gasteiger partial charge in [-0.1, -0.05) is 13.3 Å². The molecule has 0 heterocycles. The lowest BCUT2D eigenvalue weighted by Crippen LogP contribution is -2.28. The number of aromatic hydroxyl groups is 1. The monoisotopic (exact) mass is 284 g/mol. The van der Waals surface area contributed by atoms with Gasteiger partial charge in [-0.05, 0) is 50.2 Å². The summed E-state index contributed by atoms with van der Waals surface area (Å²) in [6.45, 7) is 5.64. The lowest BCUT2D eigenvalue weighted by molar-refractivity contribution is 0.0987. The van der Waals surface area contributed by atoms with Crippen molar-refractivity contribution >= 4 is 0 Å². The van der Waals surface area contributed by atoms with Crippen molar-refractivity contribution in [3.8, 4) is 23.6 Å². The van der Waals surface area contributed by atoms with Crippen molar-refractivity contribution in [3.05, 3.63) is 22.3 Å². The first kappa shape index (κ1) is 15.2. The third kappa shape index (κ3) is 2.67. The van der Waals surface area contributed by atoms with Gasteiger partial charge in [0, 0.05) is 0 Å². The highest BCUT2D eigenvalue weighted by atomic mass is 16.5. The number of phenols is 1. The van der Waals surface area contributed by atoms with E-state index in [0.717, 1.165) is 19.3 Å². The third-order valence-corrected chi connectivity index (χ3v) is 4.52. The van der Waals surface area contributed by atoms with Crippen LogP contribution in [0.2, 0.25) is 0 Å². The number of benzene rings is 1. The maximum atomic E-state index is 10.3. The number of ether oxygens (including phenoxy) is 1. The summed E-state index contributed by atoms with van der Waals surface area (Å²) in [4.78, 5) is 0. The van der Waals surface area contributed by atoms with Gasteiger partial charge in [-0.2, -0.15) is 10.5 Å². The Morgan fingerprint density at radius 1 is 1.05 bits per heavy atom. The van der Waals surface area contributed by atoms with Crippen LogP contribution in [0.15, 0.2) is 0 Å². The van der Waals surface area contributed by atoms with Crippen LogP contribution in [0, 0.1) is 42.4 Å². The van der Waals surface area contributed by atoms with E-state index in [1.165, 1.54) is 6.42 Å². The summed E-state index contributed by atoms with van der Waals surface area (Å²) in [5.74, 6) is 0.364. The first-order valence-electron chi connectivity index (χ1n) is 7.34. The molecule has 0 saturated heterocycles. The molecule has 2 rings (SSSR count). The lowest BCUT2D eigenvalue weighted by atomic mass is 9.87. The Hall–Kier alpha value is -2.20. The maximum absolute atomic E-state index is 10.3. The topological polar surface area (TPSA) is 77.0 Å². The molecule has 1 aromatic rings. The molecule has 110 valence electrons. The smallest absolute Gasteiger partial charge is 0.180 e. The van der Waals surface area contributed by atoms with Crippen molar-refractivity contribution < 1.29 is 9.84 Å². The largest absolute Gasteiger partial charge is 0.503 e. The highest BCUT2D eigenvalue weighted by Crippen LogP contribution is 2.40. The fourth-order valence-corrected chi connectivity index (χ4v) is 2.95. The summed E-state index contributed by atoms with van der Waals surface area (Å²) in [5.41, 5.74) is 1.87. The van der Waals surface area contributed by atoms with Gasteiger partial charge >= 0.3 is 0 Å². The molecule has 21 heavy (non-hydrogen) atoms. The van der Waals surface area contributed by atoms with Crippen molar-refractivity contribution in [3.63, 3.8) is 0 Å². The summed E-state index contributed by atoms with van der Waals surface area (Å²) in [5, 5.41) is 28.9. The van der Waals surface area contributed by atoms with Gasteiger partial charge in [-0.25, -0.2) is 0 Å². The first-order chi connectivity index (χ1) is 10.0. The van der Waals surface area contributed by atoms with E-state index in [1.54, 1.807) is 13.8 Å². The van der Waals surface area contributed by atoms with Crippen LogP contribution in [0.4, 0.5) is 0 Å². The fraction of sp³-hybridized carbons (Fsp3) is 0.529. The van der Waals surface area contributed by atoms with Crippen LogP contribution < -0.4 is 4.74 Å². The van der Waals surface area contributed by atoms with E-state index in [4.69, 9.17) is 4.74 Å². The van der Waals surface area contributed by atoms with Gasteiger partial charge in [0.15, 0.2) is 11.5 Å². The minimum Gasteiger partial charge on any atom is -0.503 e. The van der Waals surface area contributed by atoms with Crippen molar-refractivity contribution in [2.24, 2.45) is 5.92 Å². The zero-order valence-corrected chi connectivity index (χ0v) is 12.7. The molecule has 1 N–H and O–H groups in total. The molecule has 0 amide bonds. The second kappa shape index (κ2) is 6.06. The van der Waals surface area contributed by atoms with Crippen molar-refractivity contribution in [2.75, 3.05) is 0 Å². The van der Waals surface area contributed by atoms with Gasteiger partial charge in [-0.3, -0.25) is 0 Å². The van der Waals surface area contributed by atoms with Crippen molar-refractivity contribution in [2.45, 2.75) is 52.6 Å². The molecule has 0 bridgehead atoms. The van der Waals surface area contributed by atoms with Gasteiger partial charge in [0.2, 0.25) is 0 Å². The molecule has 0 aromatic heterocycles. The Balaban J connectivity index is 2.50. The van der Waals surface area contributed by atoms with E-state index in [2.05, 4.69) is 13.0 Å². The molecule has 1 aliphatic carbocycles. The molecule has 4 heteroatoms. The number of hydrogen-bond donors (Lipinski definition) is 1. The molecule has 1 aliphatic rings. The van der Waals surface area contributed by atoms with Crippen molar-refractivity contribution in [1.29, 1.82) is 10.5 Å². The van der Waals surface area contributed by atoms with Crippen LogP contribution in [0.25, 0.3) is 0 Å². The summed E-state index contributed by atoms with van der Waals surface area (Å²) in [7, 11) is 0.